The predicted octanol–water partition coefficient (Wildman–Crippen LogP) is 4.67. The lowest BCUT2D eigenvalue weighted by atomic mass is 10.1. The van der Waals surface area contributed by atoms with E-state index in [1.165, 1.54) is 0 Å². The highest BCUT2D eigenvalue weighted by Crippen LogP contribution is 2.26. The highest BCUT2D eigenvalue weighted by atomic mass is 35.5. The molecule has 31 heavy (non-hydrogen) atoms. The molecule has 1 N–H and O–H groups in total. The number of benzene rings is 1. The van der Waals surface area contributed by atoms with Crippen molar-refractivity contribution < 1.29 is 4.84 Å². The maximum atomic E-state index is 6.35. The van der Waals surface area contributed by atoms with E-state index in [4.69, 9.17) is 16.4 Å². The summed E-state index contributed by atoms with van der Waals surface area (Å²) in [6.45, 7) is 4.65. The quantitative estimate of drug-likeness (QED) is 0.478. The van der Waals surface area contributed by atoms with Gasteiger partial charge < -0.3 is 10.2 Å². The first-order valence-electron chi connectivity index (χ1n) is 10.8. The first kappa shape index (κ1) is 20.1. The number of aromatic nitrogens is 4. The number of piperidine rings is 1. The minimum absolute atomic E-state index is 0.450. The van der Waals surface area contributed by atoms with Crippen LogP contribution in [0.25, 0.3) is 22.2 Å². The smallest absolute Gasteiger partial charge is 0.140 e. The highest BCUT2D eigenvalue weighted by molar-refractivity contribution is 6.31. The zero-order chi connectivity index (χ0) is 21.2. The van der Waals surface area contributed by atoms with Crippen LogP contribution >= 0.6 is 11.6 Å². The second-order valence-electron chi connectivity index (χ2n) is 7.96. The number of hydrogen-bond donors (Lipinski definition) is 1. The molecule has 0 unspecified atom stereocenters. The first-order chi connectivity index (χ1) is 15.2. The van der Waals surface area contributed by atoms with Gasteiger partial charge >= 0.3 is 0 Å². The van der Waals surface area contributed by atoms with Crippen LogP contribution in [0.2, 0.25) is 5.02 Å². The third-order valence-corrected chi connectivity index (χ3v) is 6.40. The van der Waals surface area contributed by atoms with Gasteiger partial charge in [-0.2, -0.15) is 9.83 Å². The zero-order valence-electron chi connectivity index (χ0n) is 17.6. The van der Waals surface area contributed by atoms with Gasteiger partial charge in [-0.3, -0.25) is 9.67 Å². The van der Waals surface area contributed by atoms with Crippen molar-refractivity contribution in [3.63, 3.8) is 0 Å². The number of rotatable bonds is 6. The molecule has 5 rings (SSSR count). The molecule has 160 valence electrons. The molecule has 0 saturated carbocycles. The van der Waals surface area contributed by atoms with Crippen molar-refractivity contribution in [3.8, 4) is 11.1 Å². The standard InChI is InChI=1S/C24H26ClN5O/c1-2-21-17(4-3-5-22(21)25)16-31-30-11-8-23-24(30)12-18(13-27-23)19-14-28-29(15-19)20-6-9-26-10-7-20/h3-5,8,11-15,20,26H,2,6-7,9-10,16H2,1H3. The molecule has 1 aliphatic rings. The molecule has 1 aliphatic heterocycles. The van der Waals surface area contributed by atoms with Crippen molar-refractivity contribution in [2.75, 3.05) is 13.1 Å². The molecule has 1 saturated heterocycles. The van der Waals surface area contributed by atoms with Crippen LogP contribution in [0.5, 0.6) is 0 Å². The minimum atomic E-state index is 0.450. The predicted molar refractivity (Wildman–Crippen MR) is 123 cm³/mol. The number of pyridine rings is 1. The lowest BCUT2D eigenvalue weighted by Gasteiger charge is -2.22. The van der Waals surface area contributed by atoms with Crippen molar-refractivity contribution in [3.05, 3.63) is 71.3 Å². The number of fused-ring (bicyclic) bond motifs is 1. The van der Waals surface area contributed by atoms with Gasteiger partial charge in [0.25, 0.3) is 0 Å². The van der Waals surface area contributed by atoms with Gasteiger partial charge in [0.2, 0.25) is 0 Å². The monoisotopic (exact) mass is 435 g/mol. The second-order valence-corrected chi connectivity index (χ2v) is 8.37. The average molecular weight is 436 g/mol. The Morgan fingerprint density at radius 1 is 1.16 bits per heavy atom. The molecular formula is C24H26ClN5O. The van der Waals surface area contributed by atoms with Crippen LogP contribution in [0.3, 0.4) is 0 Å². The van der Waals surface area contributed by atoms with Crippen molar-refractivity contribution in [1.82, 2.24) is 24.8 Å². The van der Waals surface area contributed by atoms with E-state index >= 15 is 0 Å². The summed E-state index contributed by atoms with van der Waals surface area (Å²) in [5, 5.41) is 8.81. The van der Waals surface area contributed by atoms with Gasteiger partial charge in [0.1, 0.15) is 12.1 Å². The lowest BCUT2D eigenvalue weighted by Crippen LogP contribution is -2.29. The lowest BCUT2D eigenvalue weighted by molar-refractivity contribution is 0.107. The zero-order valence-corrected chi connectivity index (χ0v) is 18.3. The van der Waals surface area contributed by atoms with Crippen molar-refractivity contribution in [2.45, 2.75) is 38.8 Å². The number of nitrogens with one attached hydrogen (secondary N) is 1. The first-order valence-corrected chi connectivity index (χ1v) is 11.2. The summed E-state index contributed by atoms with van der Waals surface area (Å²) >= 11 is 6.35. The van der Waals surface area contributed by atoms with Crippen molar-refractivity contribution in [1.29, 1.82) is 0 Å². The molecule has 4 heterocycles. The topological polar surface area (TPSA) is 56.9 Å². The molecule has 6 nitrogen and oxygen atoms in total. The molecular weight excluding hydrogens is 410 g/mol. The van der Waals surface area contributed by atoms with E-state index in [2.05, 4.69) is 45.3 Å². The highest BCUT2D eigenvalue weighted by Gasteiger charge is 2.16. The van der Waals surface area contributed by atoms with Gasteiger partial charge in [0.05, 0.1) is 17.8 Å². The van der Waals surface area contributed by atoms with Gasteiger partial charge in [-0.25, -0.2) is 0 Å². The van der Waals surface area contributed by atoms with Crippen LogP contribution in [-0.4, -0.2) is 32.6 Å². The van der Waals surface area contributed by atoms with E-state index in [1.807, 2.05) is 36.8 Å². The molecule has 0 atom stereocenters. The Bertz CT molecular complexity index is 1190. The molecule has 0 bridgehead atoms. The van der Waals surface area contributed by atoms with Crippen LogP contribution in [0.4, 0.5) is 0 Å². The normalized spacial score (nSPS) is 14.9. The summed E-state index contributed by atoms with van der Waals surface area (Å²) in [5.41, 5.74) is 6.18. The van der Waals surface area contributed by atoms with Crippen LogP contribution in [-0.2, 0) is 13.0 Å². The van der Waals surface area contributed by atoms with Gasteiger partial charge in [0, 0.05) is 34.7 Å². The number of hydrogen-bond acceptors (Lipinski definition) is 4. The molecule has 3 aromatic heterocycles. The van der Waals surface area contributed by atoms with E-state index in [-0.39, 0.29) is 0 Å². The van der Waals surface area contributed by atoms with E-state index in [0.29, 0.717) is 12.6 Å². The fourth-order valence-electron chi connectivity index (χ4n) is 4.29. The maximum absolute atomic E-state index is 6.35. The summed E-state index contributed by atoms with van der Waals surface area (Å²) in [7, 11) is 0. The molecule has 0 aliphatic carbocycles. The van der Waals surface area contributed by atoms with Gasteiger partial charge in [-0.1, -0.05) is 30.7 Å². The summed E-state index contributed by atoms with van der Waals surface area (Å²) in [6.07, 6.45) is 11.0. The fraction of sp³-hybridized carbons (Fsp3) is 0.333. The molecule has 1 aromatic carbocycles. The van der Waals surface area contributed by atoms with Crippen LogP contribution < -0.4 is 10.2 Å². The van der Waals surface area contributed by atoms with Gasteiger partial charge in [-0.15, -0.1) is 0 Å². The van der Waals surface area contributed by atoms with E-state index in [0.717, 1.165) is 70.7 Å². The fourth-order valence-corrected chi connectivity index (χ4v) is 4.62. The molecule has 0 radical (unpaired) electrons. The summed E-state index contributed by atoms with van der Waals surface area (Å²) in [4.78, 5) is 10.8. The molecule has 4 aromatic rings. The third kappa shape index (κ3) is 4.05. The Hall–Kier alpha value is -2.83. The van der Waals surface area contributed by atoms with Crippen LogP contribution in [0, 0.1) is 0 Å². The molecule has 7 heteroatoms. The number of nitrogens with zero attached hydrogens (tertiary/aromatic N) is 4. The van der Waals surface area contributed by atoms with E-state index < -0.39 is 0 Å². The maximum Gasteiger partial charge on any atom is 0.140 e. The summed E-state index contributed by atoms with van der Waals surface area (Å²) in [5.74, 6) is 0. The Morgan fingerprint density at radius 3 is 2.87 bits per heavy atom. The van der Waals surface area contributed by atoms with Gasteiger partial charge in [-0.05, 0) is 61.7 Å². The van der Waals surface area contributed by atoms with Crippen molar-refractivity contribution >= 4 is 22.6 Å². The Morgan fingerprint density at radius 2 is 2.03 bits per heavy atom. The molecule has 0 spiro atoms. The van der Waals surface area contributed by atoms with E-state index in [9.17, 15) is 0 Å². The van der Waals surface area contributed by atoms with Gasteiger partial charge in [0.15, 0.2) is 0 Å². The summed E-state index contributed by atoms with van der Waals surface area (Å²) < 4.78 is 3.89. The third-order valence-electron chi connectivity index (χ3n) is 6.05. The van der Waals surface area contributed by atoms with E-state index in [1.54, 1.807) is 4.73 Å². The average Bonchev–Trinajstić information content (AvgIpc) is 3.45. The molecule has 1 fully saturated rings. The minimum Gasteiger partial charge on any atom is -0.409 e. The Kier molecular flexibility index (Phi) is 5.66. The largest absolute Gasteiger partial charge is 0.409 e. The SMILES string of the molecule is CCc1c(Cl)cccc1COn1ccc2ncc(-c3cnn(C4CCNCC4)c3)cc21. The Balaban J connectivity index is 1.39. The van der Waals surface area contributed by atoms with Crippen LogP contribution in [0.15, 0.2) is 55.1 Å². The second kappa shape index (κ2) is 8.73. The summed E-state index contributed by atoms with van der Waals surface area (Å²) in [6, 6.07) is 10.5. The van der Waals surface area contributed by atoms with Crippen LogP contribution in [0.1, 0.15) is 36.9 Å². The Labute approximate surface area is 186 Å². The number of halogens is 1. The molecule has 0 amide bonds. The van der Waals surface area contributed by atoms with Crippen molar-refractivity contribution in [2.24, 2.45) is 0 Å².